The molecule has 0 radical (unpaired) electrons. The molecule has 3 amide bonds. The van der Waals surface area contributed by atoms with Crippen LogP contribution in [0.1, 0.15) is 11.6 Å². The minimum Gasteiger partial charge on any atom is -0.327 e. The third kappa shape index (κ3) is 3.43. The summed E-state index contributed by atoms with van der Waals surface area (Å²) >= 11 is 0. The topological polar surface area (TPSA) is 83.4 Å². The molecule has 8 heteroatoms. The van der Waals surface area contributed by atoms with Crippen LogP contribution in [0, 0.1) is 5.82 Å². The molecule has 2 N–H and O–H groups in total. The molecule has 2 aromatic carbocycles. The molecule has 1 aliphatic rings. The van der Waals surface area contributed by atoms with Crippen LogP contribution in [0.5, 0.6) is 0 Å². The number of anilines is 1. The van der Waals surface area contributed by atoms with Crippen molar-refractivity contribution in [1.82, 2.24) is 14.8 Å². The van der Waals surface area contributed by atoms with Gasteiger partial charge in [-0.25, -0.2) is 9.18 Å². The number of urea groups is 1. The van der Waals surface area contributed by atoms with Gasteiger partial charge in [-0.15, -0.1) is 0 Å². The zero-order valence-corrected chi connectivity index (χ0v) is 16.3. The quantitative estimate of drug-likeness (QED) is 0.702. The average Bonchev–Trinajstić information content (AvgIpc) is 2.73. The van der Waals surface area contributed by atoms with Crippen molar-refractivity contribution in [3.63, 3.8) is 0 Å². The molecule has 1 atom stereocenters. The number of benzene rings is 2. The number of nitrogens with one attached hydrogen (secondary N) is 2. The number of carbonyl (C=O) groups is 2. The number of aromatic nitrogens is 1. The van der Waals surface area contributed by atoms with Crippen LogP contribution < -0.4 is 16.2 Å². The number of hydrogen-bond acceptors (Lipinski definition) is 3. The lowest BCUT2D eigenvalue weighted by Gasteiger charge is -2.30. The van der Waals surface area contributed by atoms with Gasteiger partial charge in [0.25, 0.3) is 11.5 Å². The van der Waals surface area contributed by atoms with Crippen molar-refractivity contribution in [2.24, 2.45) is 7.05 Å². The van der Waals surface area contributed by atoms with E-state index in [1.54, 1.807) is 37.5 Å². The van der Waals surface area contributed by atoms with E-state index < -0.39 is 17.8 Å². The van der Waals surface area contributed by atoms with Crippen molar-refractivity contribution in [2.75, 3.05) is 12.4 Å². The summed E-state index contributed by atoms with van der Waals surface area (Å²) in [5, 5.41) is 6.69. The van der Waals surface area contributed by atoms with Crippen LogP contribution in [-0.2, 0) is 11.8 Å². The fourth-order valence-electron chi connectivity index (χ4n) is 3.43. The van der Waals surface area contributed by atoms with Gasteiger partial charge < -0.3 is 20.1 Å². The molecule has 0 spiro atoms. The van der Waals surface area contributed by atoms with E-state index in [0.29, 0.717) is 22.0 Å². The molecule has 0 bridgehead atoms. The van der Waals surface area contributed by atoms with Crippen molar-refractivity contribution >= 4 is 28.4 Å². The van der Waals surface area contributed by atoms with Gasteiger partial charge in [-0.2, -0.15) is 0 Å². The molecule has 1 aromatic heterocycles. The Morgan fingerprint density at radius 3 is 2.50 bits per heavy atom. The normalized spacial score (nSPS) is 16.2. The van der Waals surface area contributed by atoms with E-state index in [1.165, 1.54) is 47.0 Å². The zero-order chi connectivity index (χ0) is 21.4. The number of fused-ring (bicyclic) bond motifs is 1. The van der Waals surface area contributed by atoms with Crippen LogP contribution in [0.2, 0.25) is 0 Å². The number of pyridine rings is 1. The molecule has 0 aliphatic carbocycles. The summed E-state index contributed by atoms with van der Waals surface area (Å²) in [5.41, 5.74) is 1.17. The Labute approximate surface area is 171 Å². The van der Waals surface area contributed by atoms with Crippen LogP contribution in [0.15, 0.2) is 71.3 Å². The van der Waals surface area contributed by atoms with Crippen molar-refractivity contribution in [2.45, 2.75) is 6.04 Å². The molecule has 0 saturated carbocycles. The first-order chi connectivity index (χ1) is 14.3. The lowest BCUT2D eigenvalue weighted by atomic mass is 9.97. The smallest absolute Gasteiger partial charge is 0.321 e. The van der Waals surface area contributed by atoms with E-state index in [2.05, 4.69) is 10.6 Å². The van der Waals surface area contributed by atoms with E-state index in [4.69, 9.17) is 0 Å². The van der Waals surface area contributed by atoms with Crippen molar-refractivity contribution in [3.05, 3.63) is 88.2 Å². The van der Waals surface area contributed by atoms with Crippen molar-refractivity contribution in [1.29, 1.82) is 0 Å². The molecule has 152 valence electrons. The molecular formula is C22H19FN4O3. The standard InChI is InChI=1S/C22H19FN4O3/c1-26-11-10-15-16(21(26)29)4-3-5-18(15)24-20(28)17-12-27(2)22(30)25-19(17)13-6-8-14(23)9-7-13/h3-12,19H,1-2H3,(H,24,28)(H,25,30). The van der Waals surface area contributed by atoms with Crippen molar-refractivity contribution < 1.29 is 14.0 Å². The zero-order valence-electron chi connectivity index (χ0n) is 16.3. The van der Waals surface area contributed by atoms with Gasteiger partial charge in [0.1, 0.15) is 5.82 Å². The van der Waals surface area contributed by atoms with E-state index in [1.807, 2.05) is 0 Å². The summed E-state index contributed by atoms with van der Waals surface area (Å²) in [5.74, 6) is -0.852. The summed E-state index contributed by atoms with van der Waals surface area (Å²) in [6, 6.07) is 11.3. The number of amides is 3. The van der Waals surface area contributed by atoms with Gasteiger partial charge in [-0.1, -0.05) is 18.2 Å². The van der Waals surface area contributed by atoms with E-state index in [0.717, 1.165) is 0 Å². The largest absolute Gasteiger partial charge is 0.327 e. The van der Waals surface area contributed by atoms with Gasteiger partial charge in [-0.3, -0.25) is 9.59 Å². The van der Waals surface area contributed by atoms with Crippen LogP contribution >= 0.6 is 0 Å². The minimum absolute atomic E-state index is 0.170. The molecule has 1 aliphatic heterocycles. The average molecular weight is 406 g/mol. The van der Waals surface area contributed by atoms with Gasteiger partial charge >= 0.3 is 6.03 Å². The highest BCUT2D eigenvalue weighted by molar-refractivity contribution is 6.10. The number of halogens is 1. The molecule has 7 nitrogen and oxygen atoms in total. The second kappa shape index (κ2) is 7.47. The molecule has 0 fully saturated rings. The summed E-state index contributed by atoms with van der Waals surface area (Å²) in [7, 11) is 3.19. The second-order valence-electron chi connectivity index (χ2n) is 7.08. The summed E-state index contributed by atoms with van der Waals surface area (Å²) in [4.78, 5) is 38.9. The monoisotopic (exact) mass is 406 g/mol. The Morgan fingerprint density at radius 1 is 1.03 bits per heavy atom. The highest BCUT2D eigenvalue weighted by Gasteiger charge is 2.30. The third-order valence-electron chi connectivity index (χ3n) is 5.07. The first-order valence-electron chi connectivity index (χ1n) is 9.25. The van der Waals surface area contributed by atoms with E-state index in [9.17, 15) is 18.8 Å². The van der Waals surface area contributed by atoms with Crippen LogP contribution in [0.3, 0.4) is 0 Å². The van der Waals surface area contributed by atoms with Crippen molar-refractivity contribution in [3.8, 4) is 0 Å². The predicted octanol–water partition coefficient (Wildman–Crippen LogP) is 2.90. The Hall–Kier alpha value is -3.94. The molecule has 2 heterocycles. The molecule has 1 unspecified atom stereocenters. The van der Waals surface area contributed by atoms with E-state index in [-0.39, 0.29) is 17.2 Å². The molecular weight excluding hydrogens is 387 g/mol. The summed E-state index contributed by atoms with van der Waals surface area (Å²) < 4.78 is 14.8. The highest BCUT2D eigenvalue weighted by Crippen LogP contribution is 2.28. The highest BCUT2D eigenvalue weighted by atomic mass is 19.1. The van der Waals surface area contributed by atoms with Gasteiger partial charge in [0, 0.05) is 43.0 Å². The minimum atomic E-state index is -0.739. The molecule has 3 aromatic rings. The number of nitrogens with zero attached hydrogens (tertiary/aromatic N) is 2. The maximum atomic E-state index is 13.3. The Kier molecular flexibility index (Phi) is 4.83. The maximum Gasteiger partial charge on any atom is 0.321 e. The Bertz CT molecular complexity index is 1250. The fraction of sp³-hybridized carbons (Fsp3) is 0.136. The molecule has 4 rings (SSSR count). The van der Waals surface area contributed by atoms with E-state index >= 15 is 0 Å². The first-order valence-corrected chi connectivity index (χ1v) is 9.25. The first kappa shape index (κ1) is 19.4. The second-order valence-corrected chi connectivity index (χ2v) is 7.08. The summed E-state index contributed by atoms with van der Waals surface area (Å²) in [6.45, 7) is 0. The molecule has 0 saturated heterocycles. The SMILES string of the molecule is CN1C=C(C(=O)Nc2cccc3c(=O)n(C)ccc23)C(c2ccc(F)cc2)NC1=O. The number of aryl methyl sites for hydroxylation is 1. The summed E-state index contributed by atoms with van der Waals surface area (Å²) in [6.07, 6.45) is 3.09. The van der Waals surface area contributed by atoms with Crippen LogP contribution in [0.4, 0.5) is 14.9 Å². The maximum absolute atomic E-state index is 13.3. The van der Waals surface area contributed by atoms with Gasteiger partial charge in [0.15, 0.2) is 0 Å². The van der Waals surface area contributed by atoms with Crippen LogP contribution in [-0.4, -0.2) is 28.5 Å². The van der Waals surface area contributed by atoms with Crippen LogP contribution in [0.25, 0.3) is 10.8 Å². The fourth-order valence-corrected chi connectivity index (χ4v) is 3.43. The predicted molar refractivity (Wildman–Crippen MR) is 111 cm³/mol. The Morgan fingerprint density at radius 2 is 1.77 bits per heavy atom. The lowest BCUT2D eigenvalue weighted by molar-refractivity contribution is -0.113. The van der Waals surface area contributed by atoms with Gasteiger partial charge in [0.2, 0.25) is 0 Å². The molecule has 30 heavy (non-hydrogen) atoms. The third-order valence-corrected chi connectivity index (χ3v) is 5.07. The number of rotatable bonds is 3. The van der Waals surface area contributed by atoms with Gasteiger partial charge in [0.05, 0.1) is 11.6 Å². The Balaban J connectivity index is 1.72. The lowest BCUT2D eigenvalue weighted by Crippen LogP contribution is -2.44. The number of hydrogen-bond donors (Lipinski definition) is 2. The van der Waals surface area contributed by atoms with Gasteiger partial charge in [-0.05, 0) is 35.9 Å². The number of carbonyl (C=O) groups excluding carboxylic acids is 2.